The van der Waals surface area contributed by atoms with E-state index < -0.39 is 0 Å². The van der Waals surface area contributed by atoms with E-state index in [1.165, 1.54) is 18.4 Å². The first-order valence-corrected chi connectivity index (χ1v) is 3.86. The SMILES string of the molecule is COC(=NC#N)c1ccsc1. The highest BCUT2D eigenvalue weighted by Crippen LogP contribution is 2.07. The fourth-order valence-electron chi connectivity index (χ4n) is 0.660. The van der Waals surface area contributed by atoms with Gasteiger partial charge in [-0.25, -0.2) is 0 Å². The smallest absolute Gasteiger partial charge is 0.232 e. The van der Waals surface area contributed by atoms with Gasteiger partial charge in [-0.3, -0.25) is 0 Å². The van der Waals surface area contributed by atoms with E-state index >= 15 is 0 Å². The van der Waals surface area contributed by atoms with Crippen LogP contribution in [-0.2, 0) is 4.74 Å². The molecule has 1 aromatic heterocycles. The topological polar surface area (TPSA) is 45.4 Å². The van der Waals surface area contributed by atoms with Crippen molar-refractivity contribution < 1.29 is 4.74 Å². The van der Waals surface area contributed by atoms with E-state index in [0.717, 1.165) is 5.56 Å². The Labute approximate surface area is 68.6 Å². The maximum Gasteiger partial charge on any atom is 0.232 e. The van der Waals surface area contributed by atoms with Crippen LogP contribution in [0.1, 0.15) is 5.56 Å². The summed E-state index contributed by atoms with van der Waals surface area (Å²) in [5, 5.41) is 12.0. The lowest BCUT2D eigenvalue weighted by molar-refractivity contribution is 0.405. The molecule has 0 aliphatic carbocycles. The number of methoxy groups -OCH3 is 1. The molecular formula is C7H6N2OS. The van der Waals surface area contributed by atoms with Crippen LogP contribution in [0.4, 0.5) is 0 Å². The van der Waals surface area contributed by atoms with Gasteiger partial charge in [-0.15, -0.1) is 4.99 Å². The van der Waals surface area contributed by atoms with Crippen LogP contribution in [0.5, 0.6) is 0 Å². The summed E-state index contributed by atoms with van der Waals surface area (Å²) >= 11 is 1.54. The molecule has 0 spiro atoms. The molecule has 0 saturated carbocycles. The lowest BCUT2D eigenvalue weighted by atomic mass is 10.3. The molecule has 0 aromatic carbocycles. The van der Waals surface area contributed by atoms with Crippen LogP contribution in [-0.4, -0.2) is 13.0 Å². The minimum Gasteiger partial charge on any atom is -0.480 e. The fraction of sp³-hybridized carbons (Fsp3) is 0.143. The van der Waals surface area contributed by atoms with Gasteiger partial charge in [-0.2, -0.15) is 16.6 Å². The van der Waals surface area contributed by atoms with Crippen LogP contribution < -0.4 is 0 Å². The summed E-state index contributed by atoms with van der Waals surface area (Å²) in [6.07, 6.45) is 1.67. The molecule has 0 unspecified atom stereocenters. The number of hydrogen-bond donors (Lipinski definition) is 0. The second kappa shape index (κ2) is 3.74. The fourth-order valence-corrected chi connectivity index (χ4v) is 1.29. The zero-order chi connectivity index (χ0) is 8.10. The van der Waals surface area contributed by atoms with Crippen LogP contribution in [0.3, 0.4) is 0 Å². The number of aliphatic imine (C=N–C) groups is 1. The van der Waals surface area contributed by atoms with E-state index in [0.29, 0.717) is 5.90 Å². The molecule has 4 heteroatoms. The monoisotopic (exact) mass is 166 g/mol. The Bertz CT molecular complexity index is 284. The van der Waals surface area contributed by atoms with E-state index in [2.05, 4.69) is 4.99 Å². The third-order valence-electron chi connectivity index (χ3n) is 1.11. The van der Waals surface area contributed by atoms with Crippen LogP contribution in [0.2, 0.25) is 0 Å². The third kappa shape index (κ3) is 1.79. The summed E-state index contributed by atoms with van der Waals surface area (Å²) in [4.78, 5) is 3.49. The molecule has 11 heavy (non-hydrogen) atoms. The van der Waals surface area contributed by atoms with Gasteiger partial charge in [0.2, 0.25) is 12.1 Å². The Kier molecular flexibility index (Phi) is 2.64. The number of thiophene rings is 1. The third-order valence-corrected chi connectivity index (χ3v) is 1.80. The second-order valence-corrected chi connectivity index (χ2v) is 2.51. The number of nitrogens with zero attached hydrogens (tertiary/aromatic N) is 2. The molecule has 3 nitrogen and oxygen atoms in total. The molecule has 56 valence electrons. The van der Waals surface area contributed by atoms with Gasteiger partial charge in [-0.05, 0) is 11.4 Å². The number of rotatable bonds is 1. The van der Waals surface area contributed by atoms with Crippen molar-refractivity contribution in [3.63, 3.8) is 0 Å². The van der Waals surface area contributed by atoms with E-state index in [-0.39, 0.29) is 0 Å². The molecule has 0 bridgehead atoms. The maximum atomic E-state index is 8.25. The average Bonchev–Trinajstić information content (AvgIpc) is 2.52. The van der Waals surface area contributed by atoms with E-state index in [4.69, 9.17) is 10.00 Å². The zero-order valence-corrected chi connectivity index (χ0v) is 6.76. The van der Waals surface area contributed by atoms with Gasteiger partial charge in [0.1, 0.15) is 0 Å². The van der Waals surface area contributed by atoms with Gasteiger partial charge in [0.15, 0.2) is 0 Å². The molecule has 0 aliphatic heterocycles. The van der Waals surface area contributed by atoms with Gasteiger partial charge in [0.25, 0.3) is 0 Å². The van der Waals surface area contributed by atoms with Crippen molar-refractivity contribution in [1.29, 1.82) is 5.26 Å². The van der Waals surface area contributed by atoms with Crippen molar-refractivity contribution in [1.82, 2.24) is 0 Å². The summed E-state index contributed by atoms with van der Waals surface area (Å²) < 4.78 is 4.87. The first kappa shape index (κ1) is 7.76. The first-order valence-electron chi connectivity index (χ1n) is 2.92. The molecule has 0 amide bonds. The highest BCUT2D eigenvalue weighted by molar-refractivity contribution is 7.08. The summed E-state index contributed by atoms with van der Waals surface area (Å²) in [5.41, 5.74) is 0.846. The summed E-state index contributed by atoms with van der Waals surface area (Å²) in [7, 11) is 1.49. The predicted octanol–water partition coefficient (Wildman–Crippen LogP) is 1.62. The van der Waals surface area contributed by atoms with Crippen molar-refractivity contribution in [3.8, 4) is 6.19 Å². The predicted molar refractivity (Wildman–Crippen MR) is 43.5 cm³/mol. The van der Waals surface area contributed by atoms with Crippen LogP contribution in [0.15, 0.2) is 21.8 Å². The normalized spacial score (nSPS) is 10.7. The molecule has 1 heterocycles. The zero-order valence-electron chi connectivity index (χ0n) is 5.94. The Morgan fingerprint density at radius 3 is 3.09 bits per heavy atom. The van der Waals surface area contributed by atoms with Gasteiger partial charge >= 0.3 is 0 Å². The molecule has 0 saturated heterocycles. The van der Waals surface area contributed by atoms with Gasteiger partial charge in [0, 0.05) is 10.9 Å². The number of hydrogen-bond acceptors (Lipinski definition) is 4. The lowest BCUT2D eigenvalue weighted by Crippen LogP contribution is -2.00. The highest BCUT2D eigenvalue weighted by Gasteiger charge is 2.01. The molecular weight excluding hydrogens is 160 g/mol. The quantitative estimate of drug-likeness (QED) is 0.361. The molecule has 1 aromatic rings. The Balaban J connectivity index is 2.91. The molecule has 0 fully saturated rings. The summed E-state index contributed by atoms with van der Waals surface area (Å²) in [6.45, 7) is 0. The van der Waals surface area contributed by atoms with E-state index in [9.17, 15) is 0 Å². The lowest BCUT2D eigenvalue weighted by Gasteiger charge is -1.96. The van der Waals surface area contributed by atoms with Gasteiger partial charge in [-0.1, -0.05) is 0 Å². The minimum absolute atomic E-state index is 0.369. The van der Waals surface area contributed by atoms with Gasteiger partial charge < -0.3 is 4.74 Å². The summed E-state index contributed by atoms with van der Waals surface area (Å²) in [6, 6.07) is 1.85. The minimum atomic E-state index is 0.369. The van der Waals surface area contributed by atoms with Crippen LogP contribution in [0, 0.1) is 11.5 Å². The molecule has 0 N–H and O–H groups in total. The van der Waals surface area contributed by atoms with Crippen LogP contribution >= 0.6 is 11.3 Å². The van der Waals surface area contributed by atoms with Gasteiger partial charge in [0.05, 0.1) is 7.11 Å². The Morgan fingerprint density at radius 1 is 1.82 bits per heavy atom. The number of ether oxygens (including phenoxy) is 1. The van der Waals surface area contributed by atoms with E-state index in [1.807, 2.05) is 16.8 Å². The largest absolute Gasteiger partial charge is 0.480 e. The number of nitriles is 1. The molecule has 1 rings (SSSR count). The average molecular weight is 166 g/mol. The summed E-state index contributed by atoms with van der Waals surface area (Å²) in [5.74, 6) is 0.369. The van der Waals surface area contributed by atoms with Crippen molar-refractivity contribution in [3.05, 3.63) is 22.4 Å². The van der Waals surface area contributed by atoms with E-state index in [1.54, 1.807) is 6.19 Å². The molecule has 0 aliphatic rings. The maximum absolute atomic E-state index is 8.25. The second-order valence-electron chi connectivity index (χ2n) is 1.73. The van der Waals surface area contributed by atoms with Crippen molar-refractivity contribution in [2.45, 2.75) is 0 Å². The van der Waals surface area contributed by atoms with Crippen molar-refractivity contribution in [2.24, 2.45) is 4.99 Å². The first-order chi connectivity index (χ1) is 5.38. The van der Waals surface area contributed by atoms with Crippen molar-refractivity contribution >= 4 is 17.2 Å². The Hall–Kier alpha value is -1.34. The standard InChI is InChI=1S/C7H6N2OS/c1-10-7(9-5-8)6-2-3-11-4-6/h2-4H,1H3. The van der Waals surface area contributed by atoms with Crippen molar-refractivity contribution in [2.75, 3.05) is 7.11 Å². The highest BCUT2D eigenvalue weighted by atomic mass is 32.1. The molecule has 0 atom stereocenters. The Morgan fingerprint density at radius 2 is 2.64 bits per heavy atom. The van der Waals surface area contributed by atoms with Crippen LogP contribution in [0.25, 0.3) is 0 Å². The molecule has 0 radical (unpaired) electrons.